The van der Waals surface area contributed by atoms with Crippen LogP contribution in [-0.4, -0.2) is 29.6 Å². The summed E-state index contributed by atoms with van der Waals surface area (Å²) >= 11 is 0. The normalized spacial score (nSPS) is 13.3. The summed E-state index contributed by atoms with van der Waals surface area (Å²) in [7, 11) is 1.02. The third-order valence-corrected chi connectivity index (χ3v) is 4.26. The fraction of sp³-hybridized carbons (Fsp3) is 0.235. The number of rotatable bonds is 2. The molecule has 0 amide bonds. The van der Waals surface area contributed by atoms with Crippen molar-refractivity contribution in [1.29, 1.82) is 0 Å². The SMILES string of the molecule is COc1cc(C(O)(C(F)(F)F)C(F)(F)F)cc2c1[nH]c(=O)c1ccccc12. The second-order valence-corrected chi connectivity index (χ2v) is 5.81. The van der Waals surface area contributed by atoms with Gasteiger partial charge in [0.15, 0.2) is 0 Å². The first-order chi connectivity index (χ1) is 12.4. The molecule has 0 aliphatic carbocycles. The van der Waals surface area contributed by atoms with Crippen LogP contribution in [0.2, 0.25) is 0 Å². The monoisotopic (exact) mass is 391 g/mol. The molecule has 1 aromatic heterocycles. The van der Waals surface area contributed by atoms with Crippen molar-refractivity contribution in [3.8, 4) is 5.75 Å². The summed E-state index contributed by atoms with van der Waals surface area (Å²) in [5.41, 5.74) is -7.26. The zero-order valence-electron chi connectivity index (χ0n) is 13.5. The van der Waals surface area contributed by atoms with Crippen LogP contribution in [-0.2, 0) is 5.60 Å². The third-order valence-electron chi connectivity index (χ3n) is 4.26. The number of alkyl halides is 6. The second-order valence-electron chi connectivity index (χ2n) is 5.81. The fourth-order valence-corrected chi connectivity index (χ4v) is 2.91. The molecule has 0 aliphatic rings. The van der Waals surface area contributed by atoms with E-state index in [0.29, 0.717) is 12.1 Å². The predicted molar refractivity (Wildman–Crippen MR) is 84.6 cm³/mol. The van der Waals surface area contributed by atoms with Crippen LogP contribution < -0.4 is 10.3 Å². The number of halogens is 6. The van der Waals surface area contributed by atoms with Crippen molar-refractivity contribution in [2.24, 2.45) is 0 Å². The van der Waals surface area contributed by atoms with Gasteiger partial charge < -0.3 is 14.8 Å². The van der Waals surface area contributed by atoms with Gasteiger partial charge in [0, 0.05) is 16.3 Å². The first kappa shape index (κ1) is 19.0. The van der Waals surface area contributed by atoms with Crippen molar-refractivity contribution in [2.75, 3.05) is 7.11 Å². The Labute approximate surface area is 147 Å². The van der Waals surface area contributed by atoms with E-state index in [1.165, 1.54) is 24.3 Å². The van der Waals surface area contributed by atoms with Crippen LogP contribution in [0.4, 0.5) is 26.3 Å². The van der Waals surface area contributed by atoms with Crippen LogP contribution in [0.5, 0.6) is 5.75 Å². The maximum absolute atomic E-state index is 13.2. The summed E-state index contributed by atoms with van der Waals surface area (Å²) < 4.78 is 84.3. The Balaban J connectivity index is 2.51. The van der Waals surface area contributed by atoms with Crippen LogP contribution in [0, 0.1) is 0 Å². The first-order valence-corrected chi connectivity index (χ1v) is 7.41. The lowest BCUT2D eigenvalue weighted by atomic mass is 9.90. The number of H-pyrrole nitrogens is 1. The van der Waals surface area contributed by atoms with Gasteiger partial charge in [-0.1, -0.05) is 18.2 Å². The highest BCUT2D eigenvalue weighted by Crippen LogP contribution is 2.51. The molecular weight excluding hydrogens is 380 g/mol. The molecule has 0 radical (unpaired) electrons. The molecule has 4 nitrogen and oxygen atoms in total. The number of benzene rings is 2. The molecule has 0 aliphatic heterocycles. The number of hydrogen-bond acceptors (Lipinski definition) is 3. The number of nitrogens with one attached hydrogen (secondary N) is 1. The van der Waals surface area contributed by atoms with Crippen LogP contribution in [0.1, 0.15) is 5.56 Å². The van der Waals surface area contributed by atoms with E-state index in [9.17, 15) is 36.2 Å². The fourth-order valence-electron chi connectivity index (χ4n) is 2.91. The number of fused-ring (bicyclic) bond motifs is 3. The van der Waals surface area contributed by atoms with Gasteiger partial charge in [-0.15, -0.1) is 0 Å². The van der Waals surface area contributed by atoms with E-state index in [1.54, 1.807) is 0 Å². The highest BCUT2D eigenvalue weighted by molar-refractivity contribution is 6.07. The summed E-state index contributed by atoms with van der Waals surface area (Å²) in [6.45, 7) is 0. The molecule has 0 fully saturated rings. The van der Waals surface area contributed by atoms with E-state index >= 15 is 0 Å². The lowest BCUT2D eigenvalue weighted by Gasteiger charge is -2.33. The summed E-state index contributed by atoms with van der Waals surface area (Å²) in [5, 5.41) is 9.73. The molecule has 0 spiro atoms. The van der Waals surface area contributed by atoms with Gasteiger partial charge in [0.1, 0.15) is 5.75 Å². The van der Waals surface area contributed by atoms with Crippen molar-refractivity contribution in [3.63, 3.8) is 0 Å². The van der Waals surface area contributed by atoms with Crippen molar-refractivity contribution >= 4 is 21.7 Å². The van der Waals surface area contributed by atoms with E-state index in [4.69, 9.17) is 4.74 Å². The molecule has 1 heterocycles. The molecule has 0 atom stereocenters. The second kappa shape index (κ2) is 5.88. The summed E-state index contributed by atoms with van der Waals surface area (Å²) in [6, 6.07) is 6.67. The standard InChI is InChI=1S/C17H11F6NO3/c1-27-12-7-8(15(26,16(18,19)20)17(21,22)23)6-11-9-4-2-3-5-10(9)14(25)24-13(11)12/h2-7,26H,1H3,(H,24,25). The maximum atomic E-state index is 13.2. The molecule has 0 saturated heterocycles. The molecule has 3 rings (SSSR count). The minimum Gasteiger partial charge on any atom is -0.495 e. The highest BCUT2D eigenvalue weighted by atomic mass is 19.4. The number of ether oxygens (including phenoxy) is 1. The molecule has 2 N–H and O–H groups in total. The lowest BCUT2D eigenvalue weighted by molar-refractivity contribution is -0.376. The molecular formula is C17H11F6NO3. The molecule has 27 heavy (non-hydrogen) atoms. The van der Waals surface area contributed by atoms with Gasteiger partial charge >= 0.3 is 12.4 Å². The lowest BCUT2D eigenvalue weighted by Crippen LogP contribution is -2.53. The third kappa shape index (κ3) is 2.71. The first-order valence-electron chi connectivity index (χ1n) is 7.41. The average Bonchev–Trinajstić information content (AvgIpc) is 2.58. The van der Waals surface area contributed by atoms with Gasteiger partial charge in [-0.05, 0) is 23.6 Å². The van der Waals surface area contributed by atoms with Crippen molar-refractivity contribution in [3.05, 3.63) is 52.3 Å². The topological polar surface area (TPSA) is 62.3 Å². The highest BCUT2D eigenvalue weighted by Gasteiger charge is 2.71. The Hall–Kier alpha value is -2.75. The Bertz CT molecular complexity index is 1070. The van der Waals surface area contributed by atoms with Crippen LogP contribution in [0.25, 0.3) is 21.7 Å². The van der Waals surface area contributed by atoms with Crippen LogP contribution >= 0.6 is 0 Å². The van der Waals surface area contributed by atoms with Gasteiger partial charge in [-0.3, -0.25) is 4.79 Å². The smallest absolute Gasteiger partial charge is 0.430 e. The number of hydrogen-bond donors (Lipinski definition) is 2. The van der Waals surface area contributed by atoms with E-state index in [2.05, 4.69) is 4.98 Å². The molecule has 0 bridgehead atoms. The summed E-state index contributed by atoms with van der Waals surface area (Å²) in [6.07, 6.45) is -12.1. The molecule has 144 valence electrons. The maximum Gasteiger partial charge on any atom is 0.430 e. The Morgan fingerprint density at radius 1 is 0.926 bits per heavy atom. The van der Waals surface area contributed by atoms with Crippen molar-refractivity contribution < 1.29 is 36.2 Å². The van der Waals surface area contributed by atoms with Gasteiger partial charge in [-0.2, -0.15) is 26.3 Å². The zero-order chi connectivity index (χ0) is 20.2. The number of aliphatic hydroxyl groups is 1. The zero-order valence-corrected chi connectivity index (χ0v) is 13.5. The average molecular weight is 391 g/mol. The summed E-state index contributed by atoms with van der Waals surface area (Å²) in [5.74, 6) is -0.447. The largest absolute Gasteiger partial charge is 0.495 e. The van der Waals surface area contributed by atoms with Gasteiger partial charge in [0.25, 0.3) is 11.2 Å². The Kier molecular flexibility index (Phi) is 4.14. The van der Waals surface area contributed by atoms with Crippen molar-refractivity contribution in [1.82, 2.24) is 4.98 Å². The minimum atomic E-state index is -6.04. The number of aromatic amines is 1. The molecule has 0 unspecified atom stereocenters. The van der Waals surface area contributed by atoms with Gasteiger partial charge in [0.05, 0.1) is 12.6 Å². The Morgan fingerprint density at radius 3 is 2.00 bits per heavy atom. The number of aromatic nitrogens is 1. The van der Waals surface area contributed by atoms with E-state index in [1.807, 2.05) is 0 Å². The Morgan fingerprint density at radius 2 is 1.48 bits per heavy atom. The number of methoxy groups -OCH3 is 1. The van der Waals surface area contributed by atoms with E-state index < -0.39 is 34.8 Å². The van der Waals surface area contributed by atoms with E-state index in [0.717, 1.165) is 7.11 Å². The molecule has 2 aromatic carbocycles. The van der Waals surface area contributed by atoms with Gasteiger partial charge in [0.2, 0.25) is 0 Å². The number of pyridine rings is 1. The van der Waals surface area contributed by atoms with Gasteiger partial charge in [-0.25, -0.2) is 0 Å². The van der Waals surface area contributed by atoms with E-state index in [-0.39, 0.29) is 21.7 Å². The molecule has 10 heteroatoms. The van der Waals surface area contributed by atoms with Crippen LogP contribution in [0.3, 0.4) is 0 Å². The molecule has 0 saturated carbocycles. The molecule has 3 aromatic rings. The minimum absolute atomic E-state index is 0.0618. The summed E-state index contributed by atoms with van der Waals surface area (Å²) in [4.78, 5) is 14.5. The van der Waals surface area contributed by atoms with Crippen molar-refractivity contribution in [2.45, 2.75) is 18.0 Å². The quantitative estimate of drug-likeness (QED) is 0.513. The predicted octanol–water partition coefficient (Wildman–Crippen LogP) is 4.00. The van der Waals surface area contributed by atoms with Crippen LogP contribution in [0.15, 0.2) is 41.2 Å².